The zero-order valence-electron chi connectivity index (χ0n) is 10.3. The van der Waals surface area contributed by atoms with Crippen LogP contribution in [0.15, 0.2) is 30.5 Å². The average Bonchev–Trinajstić information content (AvgIpc) is 2.87. The van der Waals surface area contributed by atoms with Crippen molar-refractivity contribution in [2.24, 2.45) is 0 Å². The molecule has 3 heteroatoms. The van der Waals surface area contributed by atoms with Crippen LogP contribution < -0.4 is 0 Å². The Hall–Kier alpha value is -1.77. The van der Waals surface area contributed by atoms with E-state index in [0.717, 1.165) is 23.7 Å². The molecular formula is C15H17NO2. The van der Waals surface area contributed by atoms with Gasteiger partial charge in [-0.3, -0.25) is 0 Å². The number of carbonyl (C=O) groups excluding carboxylic acids is 1. The lowest BCUT2D eigenvalue weighted by atomic mass is 9.98. The molecule has 1 heterocycles. The molecule has 3 rings (SSSR count). The highest BCUT2D eigenvalue weighted by molar-refractivity contribution is 5.94. The number of fused-ring (bicyclic) bond motifs is 1. The first-order valence-corrected chi connectivity index (χ1v) is 6.61. The van der Waals surface area contributed by atoms with Gasteiger partial charge in [0.25, 0.3) is 0 Å². The van der Waals surface area contributed by atoms with Crippen LogP contribution >= 0.6 is 0 Å². The van der Waals surface area contributed by atoms with Crippen LogP contribution in [0.4, 0.5) is 0 Å². The van der Waals surface area contributed by atoms with E-state index in [1.54, 1.807) is 0 Å². The summed E-state index contributed by atoms with van der Waals surface area (Å²) >= 11 is 0. The number of esters is 1. The first-order chi connectivity index (χ1) is 8.83. The summed E-state index contributed by atoms with van der Waals surface area (Å²) in [5, 5.41) is 1.12. The largest absolute Gasteiger partial charge is 0.459 e. The van der Waals surface area contributed by atoms with Crippen molar-refractivity contribution < 1.29 is 9.53 Å². The SMILES string of the molecule is O=C(OC1CCCCC1)c1ccc2cc[nH]c2c1. The van der Waals surface area contributed by atoms with Crippen LogP contribution in [0.1, 0.15) is 42.5 Å². The van der Waals surface area contributed by atoms with Crippen molar-refractivity contribution in [1.82, 2.24) is 4.98 Å². The first kappa shape index (κ1) is 11.3. The van der Waals surface area contributed by atoms with Crippen LogP contribution in [-0.4, -0.2) is 17.1 Å². The van der Waals surface area contributed by atoms with Crippen molar-refractivity contribution in [3.63, 3.8) is 0 Å². The molecule has 1 fully saturated rings. The van der Waals surface area contributed by atoms with E-state index < -0.39 is 0 Å². The number of nitrogens with one attached hydrogen (secondary N) is 1. The molecule has 1 aromatic heterocycles. The lowest BCUT2D eigenvalue weighted by Gasteiger charge is -2.21. The van der Waals surface area contributed by atoms with Gasteiger partial charge in [-0.1, -0.05) is 12.5 Å². The van der Waals surface area contributed by atoms with E-state index in [0.29, 0.717) is 5.56 Å². The maximum Gasteiger partial charge on any atom is 0.338 e. The van der Waals surface area contributed by atoms with Crippen molar-refractivity contribution in [3.05, 3.63) is 36.0 Å². The first-order valence-electron chi connectivity index (χ1n) is 6.61. The highest BCUT2D eigenvalue weighted by Crippen LogP contribution is 2.22. The van der Waals surface area contributed by atoms with Gasteiger partial charge in [0, 0.05) is 11.7 Å². The minimum Gasteiger partial charge on any atom is -0.459 e. The smallest absolute Gasteiger partial charge is 0.338 e. The van der Waals surface area contributed by atoms with E-state index in [9.17, 15) is 4.79 Å². The van der Waals surface area contributed by atoms with Gasteiger partial charge in [-0.15, -0.1) is 0 Å². The van der Waals surface area contributed by atoms with Crippen LogP contribution in [0.5, 0.6) is 0 Å². The molecule has 0 spiro atoms. The zero-order valence-corrected chi connectivity index (χ0v) is 10.3. The van der Waals surface area contributed by atoms with Crippen LogP contribution in [-0.2, 0) is 4.74 Å². The van der Waals surface area contributed by atoms with Crippen molar-refractivity contribution in [2.75, 3.05) is 0 Å². The molecule has 0 atom stereocenters. The molecule has 1 saturated carbocycles. The second kappa shape index (κ2) is 4.84. The van der Waals surface area contributed by atoms with Crippen LogP contribution in [0.25, 0.3) is 10.9 Å². The van der Waals surface area contributed by atoms with E-state index in [4.69, 9.17) is 4.74 Å². The summed E-state index contributed by atoms with van der Waals surface area (Å²) in [6.07, 6.45) is 7.63. The molecule has 0 bridgehead atoms. The molecule has 1 aliphatic carbocycles. The Balaban J connectivity index is 1.74. The van der Waals surface area contributed by atoms with Crippen LogP contribution in [0.2, 0.25) is 0 Å². The molecule has 1 N–H and O–H groups in total. The maximum atomic E-state index is 12.0. The molecule has 2 aromatic rings. The van der Waals surface area contributed by atoms with Gasteiger partial charge >= 0.3 is 5.97 Å². The number of H-pyrrole nitrogens is 1. The fraction of sp³-hybridized carbons (Fsp3) is 0.400. The minimum atomic E-state index is -0.196. The Kier molecular flexibility index (Phi) is 3.05. The summed E-state index contributed by atoms with van der Waals surface area (Å²) < 4.78 is 5.55. The summed E-state index contributed by atoms with van der Waals surface area (Å²) in [7, 11) is 0. The molecule has 1 aliphatic rings. The van der Waals surface area contributed by atoms with Gasteiger partial charge in [0.05, 0.1) is 5.56 Å². The molecular weight excluding hydrogens is 226 g/mol. The molecule has 0 unspecified atom stereocenters. The maximum absolute atomic E-state index is 12.0. The van der Waals surface area contributed by atoms with Gasteiger partial charge in [-0.2, -0.15) is 0 Å². The number of benzene rings is 1. The monoisotopic (exact) mass is 243 g/mol. The normalized spacial score (nSPS) is 16.9. The van der Waals surface area contributed by atoms with Crippen molar-refractivity contribution in [3.8, 4) is 0 Å². The molecule has 0 saturated heterocycles. The molecule has 18 heavy (non-hydrogen) atoms. The quantitative estimate of drug-likeness (QED) is 0.818. The van der Waals surface area contributed by atoms with Gasteiger partial charge in [0.2, 0.25) is 0 Å². The standard InChI is InChI=1S/C15H17NO2/c17-15(18-13-4-2-1-3-5-13)12-7-6-11-8-9-16-14(11)10-12/h6-10,13,16H,1-5H2. The Bertz CT molecular complexity index is 552. The second-order valence-corrected chi connectivity index (χ2v) is 4.95. The van der Waals surface area contributed by atoms with Crippen molar-refractivity contribution in [2.45, 2.75) is 38.2 Å². The van der Waals surface area contributed by atoms with E-state index in [-0.39, 0.29) is 12.1 Å². The fourth-order valence-corrected chi connectivity index (χ4v) is 2.58. The van der Waals surface area contributed by atoms with Crippen molar-refractivity contribution >= 4 is 16.9 Å². The topological polar surface area (TPSA) is 42.1 Å². The van der Waals surface area contributed by atoms with E-state index in [1.807, 2.05) is 30.5 Å². The molecule has 0 radical (unpaired) electrons. The van der Waals surface area contributed by atoms with Gasteiger partial charge in [0.15, 0.2) is 0 Å². The summed E-state index contributed by atoms with van der Waals surface area (Å²) in [6.45, 7) is 0. The molecule has 0 amide bonds. The fourth-order valence-electron chi connectivity index (χ4n) is 2.58. The lowest BCUT2D eigenvalue weighted by molar-refractivity contribution is 0.0211. The Morgan fingerprint density at radius 1 is 1.17 bits per heavy atom. The molecule has 94 valence electrons. The van der Waals surface area contributed by atoms with Gasteiger partial charge in [0.1, 0.15) is 6.10 Å². The molecule has 3 nitrogen and oxygen atoms in total. The average molecular weight is 243 g/mol. The number of rotatable bonds is 2. The summed E-state index contributed by atoms with van der Waals surface area (Å²) in [6, 6.07) is 7.64. The van der Waals surface area contributed by atoms with Gasteiger partial charge in [-0.05, 0) is 49.3 Å². The second-order valence-electron chi connectivity index (χ2n) is 4.95. The number of hydrogen-bond acceptors (Lipinski definition) is 2. The minimum absolute atomic E-state index is 0.116. The Morgan fingerprint density at radius 3 is 2.83 bits per heavy atom. The summed E-state index contributed by atoms with van der Waals surface area (Å²) in [5.74, 6) is -0.196. The van der Waals surface area contributed by atoms with Crippen LogP contribution in [0.3, 0.4) is 0 Å². The van der Waals surface area contributed by atoms with Gasteiger partial charge < -0.3 is 9.72 Å². The summed E-state index contributed by atoms with van der Waals surface area (Å²) in [5.41, 5.74) is 1.61. The third-order valence-corrected chi connectivity index (χ3v) is 3.62. The molecule has 0 aliphatic heterocycles. The van der Waals surface area contributed by atoms with E-state index in [1.165, 1.54) is 19.3 Å². The molecule has 1 aromatic carbocycles. The number of aromatic nitrogens is 1. The Morgan fingerprint density at radius 2 is 2.00 bits per heavy atom. The predicted molar refractivity (Wildman–Crippen MR) is 70.6 cm³/mol. The predicted octanol–water partition coefficient (Wildman–Crippen LogP) is 3.66. The number of aromatic amines is 1. The van der Waals surface area contributed by atoms with E-state index >= 15 is 0 Å². The number of carbonyl (C=O) groups is 1. The lowest BCUT2D eigenvalue weighted by Crippen LogP contribution is -2.20. The Labute approximate surface area is 106 Å². The summed E-state index contributed by atoms with van der Waals surface area (Å²) in [4.78, 5) is 15.2. The van der Waals surface area contributed by atoms with Crippen molar-refractivity contribution in [1.29, 1.82) is 0 Å². The van der Waals surface area contributed by atoms with E-state index in [2.05, 4.69) is 4.98 Å². The number of hydrogen-bond donors (Lipinski definition) is 1. The zero-order chi connectivity index (χ0) is 12.4. The highest BCUT2D eigenvalue weighted by Gasteiger charge is 2.18. The third kappa shape index (κ3) is 2.26. The van der Waals surface area contributed by atoms with Gasteiger partial charge in [-0.25, -0.2) is 4.79 Å². The third-order valence-electron chi connectivity index (χ3n) is 3.62. The highest BCUT2D eigenvalue weighted by atomic mass is 16.5. The van der Waals surface area contributed by atoms with Crippen LogP contribution in [0, 0.1) is 0 Å². The number of ether oxygens (including phenoxy) is 1.